The summed E-state index contributed by atoms with van der Waals surface area (Å²) in [7, 11) is 0. The molecule has 5 heterocycles. The number of anilines is 8. The van der Waals surface area contributed by atoms with Gasteiger partial charge in [-0.2, -0.15) is 0 Å². The van der Waals surface area contributed by atoms with Crippen LogP contribution in [0.5, 0.6) is 0 Å². The summed E-state index contributed by atoms with van der Waals surface area (Å²) in [6.45, 7) is 23.0. The van der Waals surface area contributed by atoms with Gasteiger partial charge in [0.2, 0.25) is 32.3 Å². The molecule has 0 spiro atoms. The van der Waals surface area contributed by atoms with Gasteiger partial charge in [0, 0.05) is 80.0 Å². The number of pyridine rings is 1. The van der Waals surface area contributed by atoms with E-state index < -0.39 is 0 Å². The van der Waals surface area contributed by atoms with E-state index in [4.69, 9.17) is 26.7 Å². The van der Waals surface area contributed by atoms with E-state index in [1.54, 1.807) is 19.1 Å². The lowest BCUT2D eigenvalue weighted by Crippen LogP contribution is -2.21. The number of carbonyl (C=O) groups excluding carboxylic acids is 4. The summed E-state index contributed by atoms with van der Waals surface area (Å²) in [6.07, 6.45) is 11.2. The second-order valence-corrected chi connectivity index (χ2v) is 26.6. The Labute approximate surface area is 568 Å². The molecule has 5 aromatic heterocycles. The first kappa shape index (κ1) is 73.1. The molecule has 0 unspecified atom stereocenters. The highest BCUT2D eigenvalue weighted by Gasteiger charge is 2.31. The Hall–Kier alpha value is -8.27. The van der Waals surface area contributed by atoms with Crippen LogP contribution in [-0.4, -0.2) is 122 Å². The van der Waals surface area contributed by atoms with Gasteiger partial charge in [-0.3, -0.25) is 24.2 Å². The lowest BCUT2D eigenvalue weighted by Gasteiger charge is -2.25. The van der Waals surface area contributed by atoms with Crippen molar-refractivity contribution in [2.24, 2.45) is 0 Å². The lowest BCUT2D eigenvalue weighted by molar-refractivity contribution is -0.143. The van der Waals surface area contributed by atoms with Gasteiger partial charge in [0.05, 0.1) is 56.5 Å². The van der Waals surface area contributed by atoms with Crippen molar-refractivity contribution in [2.75, 3.05) is 95.0 Å². The van der Waals surface area contributed by atoms with E-state index in [1.807, 2.05) is 43.3 Å². The zero-order valence-electron chi connectivity index (χ0n) is 55.3. The SMILES string of the molecule is CCN(CC)c1ccc(CC(=O)Nc2nnc([C@H]3CCC[C@H](c4nnc(NC(=O)Cc5ccc(N(CC)CC)cc5)s4)C3)s2)cc1.CCOC(=O)Cc1ccc(N(CC)CC)cc1.CCOC(=O)Cc1ccc(N)cn1.Nc1nnc([C@H]2CCC[C@H](c3nnc(N)s3)C2)s1. The second-order valence-electron chi connectivity index (χ2n) is 22.5. The van der Waals surface area contributed by atoms with Crippen molar-refractivity contribution in [1.29, 1.82) is 0 Å². The van der Waals surface area contributed by atoms with Crippen LogP contribution in [0.1, 0.15) is 173 Å². The topological polar surface area (TPSA) is 315 Å². The summed E-state index contributed by atoms with van der Waals surface area (Å²) in [5.74, 6) is 0.765. The summed E-state index contributed by atoms with van der Waals surface area (Å²) in [4.78, 5) is 58.6. The van der Waals surface area contributed by atoms with E-state index in [-0.39, 0.29) is 54.9 Å². The highest BCUT2D eigenvalue weighted by molar-refractivity contribution is 7.16. The average Bonchev–Trinajstić information content (AvgIpc) is 1.98. The number of hydrogen-bond donors (Lipinski definition) is 5. The smallest absolute Gasteiger partial charge is 0.311 e. The number of nitrogens with one attached hydrogen (secondary N) is 2. The predicted molar refractivity (Wildman–Crippen MR) is 380 cm³/mol. The minimum absolute atomic E-state index is 0.0973. The molecule has 2 amide bonds. The molecule has 2 saturated carbocycles. The van der Waals surface area contributed by atoms with Gasteiger partial charge in [-0.05, 0) is 159 Å². The number of hydrogen-bond acceptors (Lipinski definition) is 25. The highest BCUT2D eigenvalue weighted by atomic mass is 32.1. The third-order valence-corrected chi connectivity index (χ3v) is 19.9. The number of ether oxygens (including phenoxy) is 2. The van der Waals surface area contributed by atoms with E-state index in [1.165, 1.54) is 63.7 Å². The maximum absolute atomic E-state index is 12.7. The molecule has 0 radical (unpaired) electrons. The molecule has 2 aliphatic carbocycles. The number of nitrogen functional groups attached to an aromatic ring is 3. The molecule has 8 aromatic rings. The van der Waals surface area contributed by atoms with Crippen LogP contribution in [0.3, 0.4) is 0 Å². The van der Waals surface area contributed by atoms with Crippen LogP contribution in [0.2, 0.25) is 0 Å². The first-order valence-electron chi connectivity index (χ1n) is 32.5. The zero-order chi connectivity index (χ0) is 67.4. The van der Waals surface area contributed by atoms with Gasteiger partial charge >= 0.3 is 11.9 Å². The normalized spacial score (nSPS) is 15.7. The maximum Gasteiger partial charge on any atom is 0.311 e. The van der Waals surface area contributed by atoms with Crippen molar-refractivity contribution in [2.45, 2.75) is 156 Å². The molecule has 0 saturated heterocycles. The summed E-state index contributed by atoms with van der Waals surface area (Å²) in [5.41, 5.74) is 24.4. The van der Waals surface area contributed by atoms with E-state index in [2.05, 4.69) is 149 Å². The van der Waals surface area contributed by atoms with E-state index in [0.717, 1.165) is 132 Å². The molecule has 8 N–H and O–H groups in total. The summed E-state index contributed by atoms with van der Waals surface area (Å²) in [5, 5.41) is 45.6. The fraction of sp³-hybridized carbons (Fsp3) is 0.478. The lowest BCUT2D eigenvalue weighted by atomic mass is 9.82. The third-order valence-electron chi connectivity index (χ3n) is 16.1. The molecule has 0 aliphatic heterocycles. The van der Waals surface area contributed by atoms with Crippen LogP contribution in [0.25, 0.3) is 0 Å². The molecule has 94 heavy (non-hydrogen) atoms. The molecule has 504 valence electrons. The molecule has 0 bridgehead atoms. The monoisotopic (exact) mass is 1360 g/mol. The Balaban J connectivity index is 0.000000211. The number of carbonyl (C=O) groups is 4. The second kappa shape index (κ2) is 38.2. The molecular formula is C67H91N17O6S4. The van der Waals surface area contributed by atoms with E-state index >= 15 is 0 Å². The minimum Gasteiger partial charge on any atom is -0.466 e. The summed E-state index contributed by atoms with van der Waals surface area (Å²) in [6, 6.07) is 27.8. The number of nitrogens with two attached hydrogens (primary N) is 3. The van der Waals surface area contributed by atoms with Crippen molar-refractivity contribution >= 4 is 112 Å². The molecule has 10 rings (SSSR count). The number of benzene rings is 3. The molecule has 27 heteroatoms. The van der Waals surface area contributed by atoms with Gasteiger partial charge in [0.1, 0.15) is 20.0 Å². The molecule has 4 atom stereocenters. The first-order valence-corrected chi connectivity index (χ1v) is 35.8. The molecular weight excluding hydrogens is 1270 g/mol. The zero-order valence-corrected chi connectivity index (χ0v) is 58.6. The number of nitrogens with zero attached hydrogens (tertiary/aromatic N) is 12. The Morgan fingerprint density at radius 2 is 0.777 bits per heavy atom. The maximum atomic E-state index is 12.7. The van der Waals surface area contributed by atoms with Crippen molar-refractivity contribution in [1.82, 2.24) is 45.8 Å². The Morgan fingerprint density at radius 1 is 0.436 bits per heavy atom. The van der Waals surface area contributed by atoms with Gasteiger partial charge in [-0.15, -0.1) is 40.8 Å². The molecule has 2 fully saturated rings. The van der Waals surface area contributed by atoms with Crippen LogP contribution in [0, 0.1) is 0 Å². The van der Waals surface area contributed by atoms with Gasteiger partial charge in [-0.1, -0.05) is 94.6 Å². The van der Waals surface area contributed by atoms with Crippen LogP contribution in [0.4, 0.5) is 43.3 Å². The largest absolute Gasteiger partial charge is 0.466 e. The van der Waals surface area contributed by atoms with Crippen molar-refractivity contribution < 1.29 is 28.7 Å². The quantitative estimate of drug-likeness (QED) is 0.0332. The Morgan fingerprint density at radius 3 is 1.10 bits per heavy atom. The Bertz CT molecular complexity index is 3390. The average molecular weight is 1360 g/mol. The van der Waals surface area contributed by atoms with Gasteiger partial charge < -0.3 is 52.0 Å². The number of aromatic nitrogens is 9. The fourth-order valence-electron chi connectivity index (χ4n) is 11.2. The molecule has 23 nitrogen and oxygen atoms in total. The van der Waals surface area contributed by atoms with Crippen LogP contribution in [0.15, 0.2) is 91.1 Å². The van der Waals surface area contributed by atoms with Crippen molar-refractivity contribution in [3.63, 3.8) is 0 Å². The first-order chi connectivity index (χ1) is 45.5. The van der Waals surface area contributed by atoms with Crippen molar-refractivity contribution in [3.05, 3.63) is 134 Å². The van der Waals surface area contributed by atoms with Crippen LogP contribution in [-0.2, 0) is 54.3 Å². The molecule has 2 aliphatic rings. The van der Waals surface area contributed by atoms with Crippen LogP contribution >= 0.6 is 45.3 Å². The minimum atomic E-state index is -0.264. The number of rotatable bonds is 25. The fourth-order valence-corrected chi connectivity index (χ4v) is 14.5. The summed E-state index contributed by atoms with van der Waals surface area (Å²) >= 11 is 5.90. The highest BCUT2D eigenvalue weighted by Crippen LogP contribution is 2.45. The number of esters is 2. The third kappa shape index (κ3) is 23.0. The van der Waals surface area contributed by atoms with E-state index in [9.17, 15) is 19.2 Å². The number of amides is 2. The summed E-state index contributed by atoms with van der Waals surface area (Å²) < 4.78 is 9.68. The van der Waals surface area contributed by atoms with E-state index in [0.29, 0.717) is 63.4 Å². The van der Waals surface area contributed by atoms with Gasteiger partial charge in [0.15, 0.2) is 0 Å². The standard InChI is InChI=1S/C34H44N8O2S2.C14H21NO2.C10H14N6S2.C9H12N2O2/c1-5-41(6-2)27-16-12-23(13-17-27)20-29(43)35-33-39-37-31(45-33)25-10-9-11-26(22-25)32-38-40-34(46-32)36-30(44)21-24-14-18-28(19-15-24)42(7-3)8-4;1-4-15(5-2)13-9-7-12(8-10-13)11-14(16)17-6-3;11-9-15-13-7(17-9)5-2-1-3-6(4-5)8-14-16-10(12)18-8;1-2-13-9(12)5-8-4-3-7(10)6-11-8/h12-19,25-26H,5-11,20-22H2,1-4H3,(H,35,39,43)(H,36,40,44);7-10H,4-6,11H2,1-3H3;5-6H,1-4H2,(H2,11,15)(H2,12,16);3-4,6H,2,5,10H2,1H3/t25-,26-;;5-,6-;/m0.0./s1. The van der Waals surface area contributed by atoms with Gasteiger partial charge in [0.25, 0.3) is 0 Å². The Kier molecular flexibility index (Phi) is 29.7. The van der Waals surface area contributed by atoms with Crippen LogP contribution < -0.4 is 42.5 Å². The van der Waals surface area contributed by atoms with Crippen molar-refractivity contribution in [3.8, 4) is 0 Å². The predicted octanol–water partition coefficient (Wildman–Crippen LogP) is 12.3. The van der Waals surface area contributed by atoms with Gasteiger partial charge in [-0.25, -0.2) is 0 Å². The molecule has 3 aromatic carbocycles.